The Bertz CT molecular complexity index is 474. The number of anilines is 1. The van der Waals surface area contributed by atoms with Crippen LogP contribution in [0.2, 0.25) is 0 Å². The topological polar surface area (TPSA) is 41.1 Å². The van der Waals surface area contributed by atoms with Crippen LogP contribution in [0, 0.1) is 13.8 Å². The Morgan fingerprint density at radius 3 is 2.25 bits per heavy atom. The summed E-state index contributed by atoms with van der Waals surface area (Å²) in [7, 11) is 0. The summed E-state index contributed by atoms with van der Waals surface area (Å²) in [5.74, 6) is 0.0265. The van der Waals surface area contributed by atoms with Gasteiger partial charge in [0.25, 0.3) is 0 Å². The van der Waals surface area contributed by atoms with Crippen LogP contribution in [0.3, 0.4) is 0 Å². The fraction of sp³-hybridized carbons (Fsp3) is 0.562. The van der Waals surface area contributed by atoms with Gasteiger partial charge in [-0.2, -0.15) is 0 Å². The number of rotatable bonds is 5. The van der Waals surface area contributed by atoms with E-state index in [1.165, 1.54) is 0 Å². The highest BCUT2D eigenvalue weighted by atomic mass is 79.9. The van der Waals surface area contributed by atoms with Gasteiger partial charge in [-0.1, -0.05) is 22.9 Å². The Labute approximate surface area is 130 Å². The van der Waals surface area contributed by atoms with Gasteiger partial charge >= 0.3 is 0 Å². The molecule has 112 valence electrons. The number of benzene rings is 1. The summed E-state index contributed by atoms with van der Waals surface area (Å²) < 4.78 is 1.06. The number of nitrogens with one attached hydrogen (secondary N) is 2. The molecule has 0 spiro atoms. The predicted molar refractivity (Wildman–Crippen MR) is 89.2 cm³/mol. The van der Waals surface area contributed by atoms with Crippen LogP contribution in [-0.2, 0) is 4.79 Å². The molecule has 0 aromatic heterocycles. The van der Waals surface area contributed by atoms with Crippen LogP contribution in [0.4, 0.5) is 5.69 Å². The minimum atomic E-state index is -0.264. The summed E-state index contributed by atoms with van der Waals surface area (Å²) in [5, 5.41) is 6.38. The van der Waals surface area contributed by atoms with E-state index in [2.05, 4.69) is 45.6 Å². The molecule has 1 amide bonds. The van der Waals surface area contributed by atoms with Crippen molar-refractivity contribution in [3.63, 3.8) is 0 Å². The molecule has 1 rings (SSSR count). The first-order chi connectivity index (χ1) is 9.16. The molecule has 1 aromatic rings. The van der Waals surface area contributed by atoms with Crippen molar-refractivity contribution >= 4 is 27.5 Å². The lowest BCUT2D eigenvalue weighted by molar-refractivity contribution is -0.123. The lowest BCUT2D eigenvalue weighted by Gasteiger charge is -2.27. The van der Waals surface area contributed by atoms with E-state index in [0.717, 1.165) is 27.7 Å². The van der Waals surface area contributed by atoms with Crippen molar-refractivity contribution in [3.05, 3.63) is 27.7 Å². The molecule has 0 bridgehead atoms. The van der Waals surface area contributed by atoms with Crippen LogP contribution >= 0.6 is 15.9 Å². The fourth-order valence-electron chi connectivity index (χ4n) is 1.95. The van der Waals surface area contributed by atoms with E-state index in [9.17, 15) is 4.79 Å². The summed E-state index contributed by atoms with van der Waals surface area (Å²) in [6, 6.07) is 3.84. The average Bonchev–Trinajstić information content (AvgIpc) is 2.32. The zero-order valence-electron chi connectivity index (χ0n) is 13.2. The third-order valence-corrected chi connectivity index (χ3v) is 4.05. The van der Waals surface area contributed by atoms with Crippen molar-refractivity contribution in [1.29, 1.82) is 0 Å². The fourth-order valence-corrected chi connectivity index (χ4v) is 2.64. The van der Waals surface area contributed by atoms with Gasteiger partial charge < -0.3 is 10.6 Å². The van der Waals surface area contributed by atoms with Crippen LogP contribution in [0.25, 0.3) is 0 Å². The highest BCUT2D eigenvalue weighted by Crippen LogP contribution is 2.25. The number of carbonyl (C=O) groups excluding carboxylic acids is 1. The Kier molecular flexibility index (Phi) is 5.63. The normalized spacial score (nSPS) is 12.9. The Balaban J connectivity index is 2.81. The van der Waals surface area contributed by atoms with E-state index in [1.54, 1.807) is 0 Å². The van der Waals surface area contributed by atoms with E-state index < -0.39 is 0 Å². The zero-order chi connectivity index (χ0) is 15.5. The summed E-state index contributed by atoms with van der Waals surface area (Å²) in [6.45, 7) is 12.1. The van der Waals surface area contributed by atoms with Crippen molar-refractivity contribution in [2.75, 3.05) is 5.32 Å². The number of carbonyl (C=O) groups is 1. The maximum absolute atomic E-state index is 12.2. The van der Waals surface area contributed by atoms with Gasteiger partial charge in [-0.25, -0.2) is 0 Å². The van der Waals surface area contributed by atoms with E-state index >= 15 is 0 Å². The zero-order valence-corrected chi connectivity index (χ0v) is 14.8. The summed E-state index contributed by atoms with van der Waals surface area (Å²) >= 11 is 3.48. The standard InChI is InChI=1S/C16H25BrN2O/c1-7-16(5,6)19-15(20)12(4)18-14-10(2)8-13(17)9-11(14)3/h8-9,12,18H,7H2,1-6H3,(H,19,20). The Morgan fingerprint density at radius 1 is 1.30 bits per heavy atom. The minimum Gasteiger partial charge on any atom is -0.373 e. The van der Waals surface area contributed by atoms with Gasteiger partial charge in [0.1, 0.15) is 6.04 Å². The number of halogens is 1. The Morgan fingerprint density at radius 2 is 1.80 bits per heavy atom. The highest BCUT2D eigenvalue weighted by Gasteiger charge is 2.22. The molecule has 0 aliphatic heterocycles. The molecule has 0 radical (unpaired) electrons. The summed E-state index contributed by atoms with van der Waals surface area (Å²) in [6.07, 6.45) is 0.905. The second-order valence-electron chi connectivity index (χ2n) is 6.01. The van der Waals surface area contributed by atoms with Crippen molar-refractivity contribution in [2.45, 2.75) is 59.5 Å². The lowest BCUT2D eigenvalue weighted by atomic mass is 10.0. The van der Waals surface area contributed by atoms with E-state index in [0.29, 0.717) is 0 Å². The molecule has 3 nitrogen and oxygen atoms in total. The molecular weight excluding hydrogens is 316 g/mol. The largest absolute Gasteiger partial charge is 0.373 e. The van der Waals surface area contributed by atoms with E-state index in [-0.39, 0.29) is 17.5 Å². The molecule has 4 heteroatoms. The van der Waals surface area contributed by atoms with Gasteiger partial charge in [-0.3, -0.25) is 4.79 Å². The first-order valence-corrected chi connectivity index (χ1v) is 7.81. The maximum Gasteiger partial charge on any atom is 0.242 e. The first kappa shape index (κ1) is 17.0. The molecule has 0 saturated carbocycles. The molecule has 0 saturated heterocycles. The first-order valence-electron chi connectivity index (χ1n) is 7.01. The number of hydrogen-bond acceptors (Lipinski definition) is 2. The van der Waals surface area contributed by atoms with Crippen molar-refractivity contribution in [2.24, 2.45) is 0 Å². The molecule has 1 atom stereocenters. The predicted octanol–water partition coefficient (Wildman–Crippen LogP) is 4.17. The highest BCUT2D eigenvalue weighted by molar-refractivity contribution is 9.10. The van der Waals surface area contributed by atoms with Crippen molar-refractivity contribution < 1.29 is 4.79 Å². The molecule has 2 N–H and O–H groups in total. The van der Waals surface area contributed by atoms with Crippen LogP contribution in [-0.4, -0.2) is 17.5 Å². The van der Waals surface area contributed by atoms with Crippen LogP contribution in [0.5, 0.6) is 0 Å². The number of amides is 1. The molecule has 1 unspecified atom stereocenters. The average molecular weight is 341 g/mol. The third kappa shape index (κ3) is 4.51. The van der Waals surface area contributed by atoms with Crippen LogP contribution < -0.4 is 10.6 Å². The van der Waals surface area contributed by atoms with Crippen molar-refractivity contribution in [1.82, 2.24) is 5.32 Å². The van der Waals surface area contributed by atoms with Gasteiger partial charge in [-0.15, -0.1) is 0 Å². The third-order valence-electron chi connectivity index (χ3n) is 3.60. The SMILES string of the molecule is CCC(C)(C)NC(=O)C(C)Nc1c(C)cc(Br)cc1C. The molecule has 1 aromatic carbocycles. The van der Waals surface area contributed by atoms with Gasteiger partial charge in [0.05, 0.1) is 0 Å². The number of hydrogen-bond donors (Lipinski definition) is 2. The van der Waals surface area contributed by atoms with Crippen molar-refractivity contribution in [3.8, 4) is 0 Å². The van der Waals surface area contributed by atoms with E-state index in [1.807, 2.05) is 34.6 Å². The maximum atomic E-state index is 12.2. The second kappa shape index (κ2) is 6.61. The minimum absolute atomic E-state index is 0.0265. The summed E-state index contributed by atoms with van der Waals surface area (Å²) in [4.78, 5) is 12.2. The smallest absolute Gasteiger partial charge is 0.242 e. The molecule has 20 heavy (non-hydrogen) atoms. The number of aryl methyl sites for hydroxylation is 2. The second-order valence-corrected chi connectivity index (χ2v) is 6.92. The van der Waals surface area contributed by atoms with Gasteiger partial charge in [0, 0.05) is 15.7 Å². The molecule has 0 aliphatic carbocycles. The molecule has 0 aliphatic rings. The molecule has 0 fully saturated rings. The van der Waals surface area contributed by atoms with E-state index in [4.69, 9.17) is 0 Å². The lowest BCUT2D eigenvalue weighted by Crippen LogP contribution is -2.48. The molecule has 0 heterocycles. The van der Waals surface area contributed by atoms with Gasteiger partial charge in [0.2, 0.25) is 5.91 Å². The monoisotopic (exact) mass is 340 g/mol. The molecular formula is C16H25BrN2O. The van der Waals surface area contributed by atoms with Crippen LogP contribution in [0.1, 0.15) is 45.2 Å². The Hall–Kier alpha value is -1.03. The quantitative estimate of drug-likeness (QED) is 0.844. The summed E-state index contributed by atoms with van der Waals surface area (Å²) in [5.41, 5.74) is 3.12. The van der Waals surface area contributed by atoms with Crippen LogP contribution in [0.15, 0.2) is 16.6 Å². The van der Waals surface area contributed by atoms with Gasteiger partial charge in [0.15, 0.2) is 0 Å². The van der Waals surface area contributed by atoms with Gasteiger partial charge in [-0.05, 0) is 64.3 Å².